The quantitative estimate of drug-likeness (QED) is 0.378. The van der Waals surface area contributed by atoms with Crippen molar-refractivity contribution in [2.45, 2.75) is 78.1 Å². The van der Waals surface area contributed by atoms with Crippen molar-refractivity contribution in [3.8, 4) is 0 Å². The van der Waals surface area contributed by atoms with E-state index in [0.29, 0.717) is 0 Å². The minimum absolute atomic E-state index is 0.263. The molecule has 0 heterocycles. The molecule has 1 unspecified atom stereocenters. The Morgan fingerprint density at radius 3 is 2.29 bits per heavy atom. The molecule has 0 fully saturated rings. The first-order valence-corrected chi connectivity index (χ1v) is 10.6. The second-order valence-electron chi connectivity index (χ2n) is 5.81. The summed E-state index contributed by atoms with van der Waals surface area (Å²) in [6.45, 7) is 11.2. The fourth-order valence-electron chi connectivity index (χ4n) is 1.87. The Morgan fingerprint density at radius 2 is 1.82 bits per heavy atom. The Morgan fingerprint density at radius 1 is 1.18 bits per heavy atom. The molecule has 0 aliphatic heterocycles. The highest BCUT2D eigenvalue weighted by Crippen LogP contribution is 2.21. The van der Waals surface area contributed by atoms with Crippen molar-refractivity contribution in [3.63, 3.8) is 0 Å². The second kappa shape index (κ2) is 8.74. The second-order valence-corrected chi connectivity index (χ2v) is 10.9. The molecule has 0 rings (SSSR count). The molecule has 1 atom stereocenters. The Hall–Kier alpha value is -0.303. The molecule has 0 spiro atoms. The molecule has 1 nitrogen and oxygen atoms in total. The zero-order valence-electron chi connectivity index (χ0n) is 12.3. The minimum atomic E-state index is -1.44. The molecule has 0 bridgehead atoms. The third kappa shape index (κ3) is 7.59. The fraction of sp³-hybridized carbons (Fsp3) is 0.800. The van der Waals surface area contributed by atoms with E-state index in [-0.39, 0.29) is 6.10 Å². The van der Waals surface area contributed by atoms with Crippen molar-refractivity contribution in [1.29, 1.82) is 0 Å². The molecule has 0 saturated heterocycles. The summed E-state index contributed by atoms with van der Waals surface area (Å²) in [5, 5.41) is 11.5. The molecule has 0 aromatic rings. The first-order chi connectivity index (χ1) is 7.93. The van der Waals surface area contributed by atoms with Crippen molar-refractivity contribution >= 4 is 8.07 Å². The fourth-order valence-corrected chi connectivity index (χ4v) is 3.55. The summed E-state index contributed by atoms with van der Waals surface area (Å²) in [6, 6.07) is 0. The molecule has 1 N–H and O–H groups in total. The van der Waals surface area contributed by atoms with Gasteiger partial charge in [0.05, 0.1) is 14.2 Å². The van der Waals surface area contributed by atoms with Crippen molar-refractivity contribution in [3.05, 3.63) is 17.0 Å². The summed E-state index contributed by atoms with van der Waals surface area (Å²) in [6.07, 6.45) is 8.52. The molecule has 0 aromatic carbocycles. The van der Waals surface area contributed by atoms with Gasteiger partial charge in [-0.25, -0.2) is 0 Å². The number of hydrogen-bond acceptors (Lipinski definition) is 1. The van der Waals surface area contributed by atoms with E-state index in [9.17, 15) is 5.11 Å². The van der Waals surface area contributed by atoms with Crippen LogP contribution in [0.3, 0.4) is 0 Å². The Labute approximate surface area is 109 Å². The maximum Gasteiger partial charge on any atom is 0.0857 e. The van der Waals surface area contributed by atoms with Crippen molar-refractivity contribution in [2.24, 2.45) is 0 Å². The first kappa shape index (κ1) is 16.7. The summed E-state index contributed by atoms with van der Waals surface area (Å²) in [5.41, 5.74) is 3.39. The monoisotopic (exact) mass is 254 g/mol. The van der Waals surface area contributed by atoms with E-state index in [1.807, 2.05) is 0 Å². The highest BCUT2D eigenvalue weighted by Gasteiger charge is 2.25. The zero-order chi connectivity index (χ0) is 13.3. The van der Waals surface area contributed by atoms with Crippen molar-refractivity contribution < 1.29 is 5.11 Å². The van der Waals surface area contributed by atoms with E-state index >= 15 is 0 Å². The number of aliphatic hydroxyl groups excluding tert-OH is 1. The Balaban J connectivity index is 4.64. The van der Waals surface area contributed by atoms with Gasteiger partial charge in [0.2, 0.25) is 0 Å². The third-order valence-corrected chi connectivity index (χ3v) is 5.01. The molecular weight excluding hydrogens is 224 g/mol. The van der Waals surface area contributed by atoms with Crippen molar-refractivity contribution in [2.75, 3.05) is 0 Å². The van der Waals surface area contributed by atoms with Gasteiger partial charge >= 0.3 is 0 Å². The summed E-state index contributed by atoms with van der Waals surface area (Å²) in [4.78, 5) is 0. The average molecular weight is 254 g/mol. The standard InChI is InChI=1S/C15H30OSi/c1-6-8-10-12-14(16)15(17(3,4)5)13-11-9-7-2/h11,14,16H,6-10,12H2,1-5H3. The van der Waals surface area contributed by atoms with Gasteiger partial charge in [-0.2, -0.15) is 0 Å². The maximum absolute atomic E-state index is 10.3. The lowest BCUT2D eigenvalue weighted by molar-refractivity contribution is 0.202. The largest absolute Gasteiger partial charge is 0.389 e. The highest BCUT2D eigenvalue weighted by atomic mass is 28.3. The van der Waals surface area contributed by atoms with Gasteiger partial charge in [-0.15, -0.1) is 5.73 Å². The van der Waals surface area contributed by atoms with Crippen molar-refractivity contribution in [1.82, 2.24) is 0 Å². The van der Waals surface area contributed by atoms with Crippen LogP contribution in [0.15, 0.2) is 17.0 Å². The summed E-state index contributed by atoms with van der Waals surface area (Å²) < 4.78 is 0. The average Bonchev–Trinajstić information content (AvgIpc) is 2.23. The van der Waals surface area contributed by atoms with Crippen LogP contribution in [0.2, 0.25) is 19.6 Å². The van der Waals surface area contributed by atoms with Crippen LogP contribution in [-0.4, -0.2) is 19.3 Å². The topological polar surface area (TPSA) is 20.2 Å². The van der Waals surface area contributed by atoms with Crippen LogP contribution in [0.5, 0.6) is 0 Å². The highest BCUT2D eigenvalue weighted by molar-refractivity contribution is 6.83. The molecule has 0 saturated carbocycles. The predicted molar refractivity (Wildman–Crippen MR) is 80.0 cm³/mol. The van der Waals surface area contributed by atoms with Gasteiger partial charge in [-0.3, -0.25) is 0 Å². The van der Waals surface area contributed by atoms with Crippen LogP contribution < -0.4 is 0 Å². The molecule has 17 heavy (non-hydrogen) atoms. The normalized spacial score (nSPS) is 13.1. The first-order valence-electron chi connectivity index (χ1n) is 7.07. The summed E-state index contributed by atoms with van der Waals surface area (Å²) >= 11 is 0. The lowest BCUT2D eigenvalue weighted by Gasteiger charge is -2.23. The number of unbranched alkanes of at least 4 members (excludes halogenated alkanes) is 3. The van der Waals surface area contributed by atoms with E-state index < -0.39 is 8.07 Å². The lowest BCUT2D eigenvalue weighted by Crippen LogP contribution is -2.31. The van der Waals surface area contributed by atoms with E-state index in [1.54, 1.807) is 0 Å². The van der Waals surface area contributed by atoms with E-state index in [4.69, 9.17) is 0 Å². The molecule has 0 radical (unpaired) electrons. The van der Waals surface area contributed by atoms with E-state index in [2.05, 4.69) is 45.3 Å². The number of rotatable bonds is 8. The molecule has 100 valence electrons. The summed E-state index contributed by atoms with van der Waals surface area (Å²) in [7, 11) is -1.44. The van der Waals surface area contributed by atoms with E-state index in [1.165, 1.54) is 18.0 Å². The number of hydrogen-bond donors (Lipinski definition) is 1. The van der Waals surface area contributed by atoms with Crippen LogP contribution in [0.1, 0.15) is 52.4 Å². The van der Waals surface area contributed by atoms with Gasteiger partial charge in [0, 0.05) is 0 Å². The van der Waals surface area contributed by atoms with Gasteiger partial charge in [0.25, 0.3) is 0 Å². The minimum Gasteiger partial charge on any atom is -0.389 e. The Bertz CT molecular complexity index is 257. The van der Waals surface area contributed by atoms with E-state index in [0.717, 1.165) is 25.7 Å². The number of aliphatic hydroxyl groups is 1. The molecule has 0 aliphatic carbocycles. The zero-order valence-corrected chi connectivity index (χ0v) is 13.3. The van der Waals surface area contributed by atoms with Crippen LogP contribution >= 0.6 is 0 Å². The van der Waals surface area contributed by atoms with Gasteiger partial charge < -0.3 is 5.11 Å². The molecular formula is C15H30OSi. The lowest BCUT2D eigenvalue weighted by atomic mass is 10.1. The van der Waals surface area contributed by atoms with Gasteiger partial charge in [-0.1, -0.05) is 59.2 Å². The molecule has 0 amide bonds. The smallest absolute Gasteiger partial charge is 0.0857 e. The van der Waals surface area contributed by atoms with Gasteiger partial charge in [0.15, 0.2) is 0 Å². The van der Waals surface area contributed by atoms with Crippen LogP contribution in [0.25, 0.3) is 0 Å². The van der Waals surface area contributed by atoms with Gasteiger partial charge in [-0.05, 0) is 24.1 Å². The predicted octanol–water partition coefficient (Wildman–Crippen LogP) is 4.69. The maximum atomic E-state index is 10.3. The SMILES string of the molecule is CCCC=C=C(C(O)CCCCC)[Si](C)(C)C. The third-order valence-electron chi connectivity index (χ3n) is 2.91. The molecule has 2 heteroatoms. The van der Waals surface area contributed by atoms with Crippen LogP contribution in [0.4, 0.5) is 0 Å². The van der Waals surface area contributed by atoms with Crippen LogP contribution in [0, 0.1) is 0 Å². The summed E-state index contributed by atoms with van der Waals surface area (Å²) in [5.74, 6) is 0. The molecule has 0 aliphatic rings. The Kier molecular flexibility index (Phi) is 8.58. The van der Waals surface area contributed by atoms with Gasteiger partial charge in [0.1, 0.15) is 0 Å². The molecule has 0 aromatic heterocycles. The van der Waals surface area contributed by atoms with Crippen LogP contribution in [-0.2, 0) is 0 Å².